The Labute approximate surface area is 134 Å². The van der Waals surface area contributed by atoms with Gasteiger partial charge in [-0.15, -0.1) is 0 Å². The predicted molar refractivity (Wildman–Crippen MR) is 89.6 cm³/mol. The van der Waals surface area contributed by atoms with E-state index in [1.807, 2.05) is 48.8 Å². The van der Waals surface area contributed by atoms with Crippen molar-refractivity contribution in [2.24, 2.45) is 0 Å². The Kier molecular flexibility index (Phi) is 4.03. The molecule has 3 aromatic rings. The Hall–Kier alpha value is -3.19. The number of Topliss-reactive ketones (excluding diaryl/α,β-unsaturated/α-hetero) is 1. The van der Waals surface area contributed by atoms with Crippen molar-refractivity contribution in [3.63, 3.8) is 0 Å². The van der Waals surface area contributed by atoms with Crippen LogP contribution in [0, 0.1) is 11.3 Å². The van der Waals surface area contributed by atoms with Gasteiger partial charge >= 0.3 is 0 Å². The van der Waals surface area contributed by atoms with Gasteiger partial charge in [0.1, 0.15) is 11.7 Å². The molecule has 0 aliphatic heterocycles. The molecule has 0 unspecified atom stereocenters. The number of nitriles is 1. The molecule has 3 rings (SSSR count). The summed E-state index contributed by atoms with van der Waals surface area (Å²) in [7, 11) is 0. The second-order valence-corrected chi connectivity index (χ2v) is 5.29. The van der Waals surface area contributed by atoms with Crippen LogP contribution in [0.4, 0.5) is 0 Å². The Morgan fingerprint density at radius 3 is 2.78 bits per heavy atom. The summed E-state index contributed by atoms with van der Waals surface area (Å²) in [4.78, 5) is 18.9. The van der Waals surface area contributed by atoms with Crippen molar-refractivity contribution in [2.75, 3.05) is 0 Å². The van der Waals surface area contributed by atoms with Gasteiger partial charge in [-0.05, 0) is 30.5 Å². The zero-order valence-corrected chi connectivity index (χ0v) is 12.7. The van der Waals surface area contributed by atoms with Gasteiger partial charge in [0.25, 0.3) is 0 Å². The Morgan fingerprint density at radius 2 is 2.09 bits per heavy atom. The highest BCUT2D eigenvalue weighted by Gasteiger charge is 2.08. The first-order chi connectivity index (χ1) is 11.2. The molecule has 0 aliphatic carbocycles. The number of benzene rings is 1. The van der Waals surface area contributed by atoms with Crippen molar-refractivity contribution in [1.82, 2.24) is 9.97 Å². The van der Waals surface area contributed by atoms with Crippen molar-refractivity contribution in [3.8, 4) is 17.2 Å². The lowest BCUT2D eigenvalue weighted by Crippen LogP contribution is -1.94. The van der Waals surface area contributed by atoms with Crippen LogP contribution in [0.2, 0.25) is 0 Å². The third kappa shape index (κ3) is 3.04. The number of hydrogen-bond donors (Lipinski definition) is 1. The second-order valence-electron chi connectivity index (χ2n) is 5.29. The molecule has 0 atom stereocenters. The zero-order chi connectivity index (χ0) is 16.2. The Morgan fingerprint density at radius 1 is 1.30 bits per heavy atom. The van der Waals surface area contributed by atoms with Crippen LogP contribution >= 0.6 is 0 Å². The first kappa shape index (κ1) is 14.7. The fraction of sp³-hybridized carbons (Fsp3) is 0.105. The largest absolute Gasteiger partial charge is 0.346 e. The van der Waals surface area contributed by atoms with Gasteiger partial charge in [0.2, 0.25) is 0 Å². The fourth-order valence-corrected chi connectivity index (χ4v) is 2.50. The maximum absolute atomic E-state index is 11.3. The number of carbonyl (C=O) groups excluding carboxylic acids is 1. The summed E-state index contributed by atoms with van der Waals surface area (Å²) < 4.78 is 0. The molecule has 0 radical (unpaired) electrons. The molecular weight excluding hydrogens is 286 g/mol. The third-order valence-corrected chi connectivity index (χ3v) is 3.75. The molecule has 1 aromatic carbocycles. The van der Waals surface area contributed by atoms with E-state index in [1.165, 1.54) is 6.92 Å². The molecule has 2 heterocycles. The van der Waals surface area contributed by atoms with E-state index in [0.717, 1.165) is 27.7 Å². The number of ketones is 1. The summed E-state index contributed by atoms with van der Waals surface area (Å²) in [6.45, 7) is 1.40. The zero-order valence-electron chi connectivity index (χ0n) is 12.7. The number of aromatic amines is 1. The number of carbonyl (C=O) groups is 1. The fourth-order valence-electron chi connectivity index (χ4n) is 2.50. The van der Waals surface area contributed by atoms with Crippen LogP contribution in [0.3, 0.4) is 0 Å². The highest BCUT2D eigenvalue weighted by molar-refractivity contribution is 5.97. The number of fused-ring (bicyclic) bond motifs is 1. The molecule has 0 saturated carbocycles. The summed E-state index contributed by atoms with van der Waals surface area (Å²) in [5, 5.41) is 9.98. The van der Waals surface area contributed by atoms with Crippen molar-refractivity contribution < 1.29 is 4.79 Å². The molecule has 0 aliphatic rings. The van der Waals surface area contributed by atoms with E-state index in [2.05, 4.69) is 16.0 Å². The molecule has 0 amide bonds. The second kappa shape index (κ2) is 6.29. The number of pyridine rings is 1. The maximum Gasteiger partial charge on any atom is 0.169 e. The SMILES string of the molecule is CC(=O)/C(C#N)=C/Cc1c[nH]c2ncc(-c3ccccc3)cc12. The highest BCUT2D eigenvalue weighted by Crippen LogP contribution is 2.25. The van der Waals surface area contributed by atoms with Crippen LogP contribution < -0.4 is 0 Å². The minimum atomic E-state index is -0.213. The normalized spacial score (nSPS) is 11.4. The average Bonchev–Trinajstić information content (AvgIpc) is 2.98. The van der Waals surface area contributed by atoms with E-state index >= 15 is 0 Å². The lowest BCUT2D eigenvalue weighted by molar-refractivity contribution is -0.113. The van der Waals surface area contributed by atoms with Gasteiger partial charge in [-0.3, -0.25) is 4.79 Å². The molecule has 23 heavy (non-hydrogen) atoms. The van der Waals surface area contributed by atoms with Crippen LogP contribution in [0.15, 0.2) is 60.4 Å². The van der Waals surface area contributed by atoms with Gasteiger partial charge in [0, 0.05) is 23.3 Å². The summed E-state index contributed by atoms with van der Waals surface area (Å²) >= 11 is 0. The van der Waals surface area contributed by atoms with Gasteiger partial charge in [-0.2, -0.15) is 5.26 Å². The number of aromatic nitrogens is 2. The molecule has 0 fully saturated rings. The van der Waals surface area contributed by atoms with Crippen LogP contribution in [-0.4, -0.2) is 15.8 Å². The monoisotopic (exact) mass is 301 g/mol. The number of hydrogen-bond acceptors (Lipinski definition) is 3. The lowest BCUT2D eigenvalue weighted by atomic mass is 10.0. The van der Waals surface area contributed by atoms with E-state index in [4.69, 9.17) is 5.26 Å². The predicted octanol–water partition coefficient (Wildman–Crippen LogP) is 3.81. The van der Waals surface area contributed by atoms with Gasteiger partial charge in [-0.1, -0.05) is 36.4 Å². The van der Waals surface area contributed by atoms with E-state index in [0.29, 0.717) is 6.42 Å². The van der Waals surface area contributed by atoms with Gasteiger partial charge < -0.3 is 4.98 Å². The van der Waals surface area contributed by atoms with Crippen molar-refractivity contribution in [1.29, 1.82) is 5.26 Å². The first-order valence-corrected chi connectivity index (χ1v) is 7.31. The molecule has 4 nitrogen and oxygen atoms in total. The van der Waals surface area contributed by atoms with E-state index in [9.17, 15) is 4.79 Å². The van der Waals surface area contributed by atoms with Crippen LogP contribution in [0.5, 0.6) is 0 Å². The molecule has 0 saturated heterocycles. The molecule has 0 spiro atoms. The van der Waals surface area contributed by atoms with E-state index in [-0.39, 0.29) is 11.4 Å². The topological polar surface area (TPSA) is 69.5 Å². The van der Waals surface area contributed by atoms with Crippen LogP contribution in [-0.2, 0) is 11.2 Å². The van der Waals surface area contributed by atoms with Crippen molar-refractivity contribution in [3.05, 3.63) is 66.0 Å². The quantitative estimate of drug-likeness (QED) is 0.588. The lowest BCUT2D eigenvalue weighted by Gasteiger charge is -2.02. The third-order valence-electron chi connectivity index (χ3n) is 3.75. The Bertz CT molecular complexity index is 930. The summed E-state index contributed by atoms with van der Waals surface area (Å²) in [5.74, 6) is -0.213. The Balaban J connectivity index is 2.00. The van der Waals surface area contributed by atoms with Gasteiger partial charge in [0.15, 0.2) is 5.78 Å². The molecule has 0 bridgehead atoms. The maximum atomic E-state index is 11.3. The number of H-pyrrole nitrogens is 1. The van der Waals surface area contributed by atoms with E-state index in [1.54, 1.807) is 6.08 Å². The van der Waals surface area contributed by atoms with Gasteiger partial charge in [0.05, 0.1) is 5.57 Å². The summed E-state index contributed by atoms with van der Waals surface area (Å²) in [6.07, 6.45) is 5.89. The van der Waals surface area contributed by atoms with E-state index < -0.39 is 0 Å². The summed E-state index contributed by atoms with van der Waals surface area (Å²) in [6, 6.07) is 14.1. The summed E-state index contributed by atoms with van der Waals surface area (Å²) in [5.41, 5.74) is 4.14. The van der Waals surface area contributed by atoms with Crippen molar-refractivity contribution >= 4 is 16.8 Å². The molecule has 2 aromatic heterocycles. The number of nitrogens with one attached hydrogen (secondary N) is 1. The number of rotatable bonds is 4. The van der Waals surface area contributed by atoms with Gasteiger partial charge in [-0.25, -0.2) is 4.98 Å². The molecular formula is C19H15N3O. The minimum Gasteiger partial charge on any atom is -0.346 e. The average molecular weight is 301 g/mol. The minimum absolute atomic E-state index is 0.187. The number of allylic oxidation sites excluding steroid dienone is 2. The standard InChI is InChI=1S/C19H15N3O/c1-13(23)15(10-20)7-8-16-11-21-19-18(16)9-17(12-22-19)14-5-3-2-4-6-14/h2-7,9,11-12H,8H2,1H3,(H,21,22)/b15-7+. The van der Waals surface area contributed by atoms with Crippen LogP contribution in [0.25, 0.3) is 22.2 Å². The number of nitrogens with zero attached hydrogens (tertiary/aromatic N) is 2. The van der Waals surface area contributed by atoms with Crippen molar-refractivity contribution in [2.45, 2.75) is 13.3 Å². The molecule has 112 valence electrons. The molecule has 4 heteroatoms. The highest BCUT2D eigenvalue weighted by atomic mass is 16.1. The molecule has 1 N–H and O–H groups in total. The smallest absolute Gasteiger partial charge is 0.169 e. The van der Waals surface area contributed by atoms with Crippen LogP contribution in [0.1, 0.15) is 12.5 Å². The first-order valence-electron chi connectivity index (χ1n) is 7.31.